The van der Waals surface area contributed by atoms with Crippen LogP contribution in [0.5, 0.6) is 0 Å². The van der Waals surface area contributed by atoms with Crippen LogP contribution in [0.15, 0.2) is 0 Å². The fraction of sp³-hybridized carbons (Fsp3) is 0.917. The lowest BCUT2D eigenvalue weighted by atomic mass is 9.95. The van der Waals surface area contributed by atoms with Crippen molar-refractivity contribution in [3.8, 4) is 0 Å². The van der Waals surface area contributed by atoms with Crippen LogP contribution in [0, 0.1) is 0 Å². The van der Waals surface area contributed by atoms with E-state index in [1.54, 1.807) is 4.90 Å². The molecule has 5 nitrogen and oxygen atoms in total. The molecule has 2 rings (SSSR count). The first-order valence-electron chi connectivity index (χ1n) is 6.24. The van der Waals surface area contributed by atoms with Crippen molar-refractivity contribution < 1.29 is 14.6 Å². The molecule has 0 spiro atoms. The fourth-order valence-corrected chi connectivity index (χ4v) is 2.81. The van der Waals surface area contributed by atoms with Gasteiger partial charge in [0.2, 0.25) is 0 Å². The Kier molecular flexibility index (Phi) is 3.08. The molecule has 2 fully saturated rings. The summed E-state index contributed by atoms with van der Waals surface area (Å²) in [5.41, 5.74) is 5.46. The van der Waals surface area contributed by atoms with Gasteiger partial charge in [-0.25, -0.2) is 4.79 Å². The van der Waals surface area contributed by atoms with Crippen LogP contribution in [-0.2, 0) is 4.74 Å². The molecule has 17 heavy (non-hydrogen) atoms. The van der Waals surface area contributed by atoms with Crippen LogP contribution in [0.1, 0.15) is 40.0 Å². The maximum Gasteiger partial charge on any atom is 0.410 e. The van der Waals surface area contributed by atoms with Crippen molar-refractivity contribution in [3.05, 3.63) is 0 Å². The lowest BCUT2D eigenvalue weighted by Crippen LogP contribution is -2.60. The standard InChI is InChI=1S/C12H22N2O3/c1-12(2,3)17-11(16)14-7-4-5-8(14)10(13)9(15)6-7/h7-10,15H,4-6,13H2,1-3H3/t7-,8+,9+,10-/m0/s1. The number of aliphatic hydroxyl groups excluding tert-OH is 1. The van der Waals surface area contributed by atoms with Gasteiger partial charge >= 0.3 is 6.09 Å². The second-order valence-corrected chi connectivity index (χ2v) is 6.07. The molecule has 0 aromatic rings. The van der Waals surface area contributed by atoms with E-state index in [0.29, 0.717) is 6.42 Å². The third kappa shape index (κ3) is 2.40. The lowest BCUT2D eigenvalue weighted by molar-refractivity contribution is -0.0188. The average molecular weight is 242 g/mol. The van der Waals surface area contributed by atoms with E-state index in [1.165, 1.54) is 0 Å². The number of hydrogen-bond acceptors (Lipinski definition) is 4. The number of carbonyl (C=O) groups is 1. The van der Waals surface area contributed by atoms with Crippen LogP contribution in [0.3, 0.4) is 0 Å². The highest BCUT2D eigenvalue weighted by Crippen LogP contribution is 2.36. The first-order chi connectivity index (χ1) is 7.79. The molecule has 0 unspecified atom stereocenters. The predicted molar refractivity (Wildman–Crippen MR) is 63.5 cm³/mol. The summed E-state index contributed by atoms with van der Waals surface area (Å²) in [6.45, 7) is 5.56. The van der Waals surface area contributed by atoms with E-state index in [-0.39, 0.29) is 24.2 Å². The van der Waals surface area contributed by atoms with E-state index in [9.17, 15) is 9.90 Å². The molecule has 4 atom stereocenters. The Balaban J connectivity index is 2.10. The quantitative estimate of drug-likeness (QED) is 0.660. The summed E-state index contributed by atoms with van der Waals surface area (Å²) in [5.74, 6) is 0. The number of carbonyl (C=O) groups excluding carboxylic acids is 1. The van der Waals surface area contributed by atoms with Crippen molar-refractivity contribution in [2.75, 3.05) is 0 Å². The number of rotatable bonds is 0. The summed E-state index contributed by atoms with van der Waals surface area (Å²) in [4.78, 5) is 13.8. The van der Waals surface area contributed by atoms with Crippen molar-refractivity contribution in [3.63, 3.8) is 0 Å². The molecule has 0 radical (unpaired) electrons. The van der Waals surface area contributed by atoms with Gasteiger partial charge in [-0.05, 0) is 40.0 Å². The highest BCUT2D eigenvalue weighted by atomic mass is 16.6. The Morgan fingerprint density at radius 3 is 2.65 bits per heavy atom. The van der Waals surface area contributed by atoms with Gasteiger partial charge in [0.1, 0.15) is 5.60 Å². The van der Waals surface area contributed by atoms with Gasteiger partial charge in [-0.15, -0.1) is 0 Å². The van der Waals surface area contributed by atoms with Gasteiger partial charge in [-0.2, -0.15) is 0 Å². The van der Waals surface area contributed by atoms with E-state index in [2.05, 4.69) is 0 Å². The Labute approximate surface area is 102 Å². The van der Waals surface area contributed by atoms with Crippen molar-refractivity contribution in [2.24, 2.45) is 5.73 Å². The molecule has 2 bridgehead atoms. The smallest absolute Gasteiger partial charge is 0.410 e. The molecule has 2 heterocycles. The van der Waals surface area contributed by atoms with Crippen LogP contribution in [0.2, 0.25) is 0 Å². The van der Waals surface area contributed by atoms with Gasteiger partial charge in [0.15, 0.2) is 0 Å². The first-order valence-corrected chi connectivity index (χ1v) is 6.24. The van der Waals surface area contributed by atoms with Crippen molar-refractivity contribution in [2.45, 2.75) is 69.9 Å². The molecule has 0 saturated carbocycles. The van der Waals surface area contributed by atoms with Gasteiger partial charge < -0.3 is 20.5 Å². The molecule has 2 saturated heterocycles. The highest BCUT2D eigenvalue weighted by Gasteiger charge is 2.48. The van der Waals surface area contributed by atoms with Crippen molar-refractivity contribution in [1.82, 2.24) is 4.90 Å². The van der Waals surface area contributed by atoms with E-state index < -0.39 is 11.7 Å². The molecule has 5 heteroatoms. The number of aliphatic hydroxyl groups is 1. The Bertz CT molecular complexity index is 313. The summed E-state index contributed by atoms with van der Waals surface area (Å²) in [5, 5.41) is 9.79. The van der Waals surface area contributed by atoms with E-state index in [0.717, 1.165) is 12.8 Å². The maximum atomic E-state index is 12.1. The summed E-state index contributed by atoms with van der Waals surface area (Å²) in [6, 6.07) is -0.329. The summed E-state index contributed by atoms with van der Waals surface area (Å²) in [6.07, 6.45) is 1.55. The first kappa shape index (κ1) is 12.6. The zero-order chi connectivity index (χ0) is 12.8. The number of hydrogen-bond donors (Lipinski definition) is 2. The average Bonchev–Trinajstić information content (AvgIpc) is 2.51. The molecule has 98 valence electrons. The zero-order valence-electron chi connectivity index (χ0n) is 10.7. The van der Waals surface area contributed by atoms with Crippen LogP contribution in [0.25, 0.3) is 0 Å². The maximum absolute atomic E-state index is 12.1. The molecular weight excluding hydrogens is 220 g/mol. The Hall–Kier alpha value is -0.810. The molecule has 1 amide bonds. The molecule has 3 N–H and O–H groups in total. The predicted octanol–water partition coefficient (Wildman–Crippen LogP) is 0.846. The van der Waals surface area contributed by atoms with Gasteiger partial charge in [0, 0.05) is 6.04 Å². The lowest BCUT2D eigenvalue weighted by Gasteiger charge is -2.41. The SMILES string of the molecule is CC(C)(C)OC(=O)N1[C@H]2CC[C@@H]1[C@H](N)[C@H](O)C2. The number of piperidine rings is 1. The molecule has 0 aromatic carbocycles. The third-order valence-corrected chi connectivity index (χ3v) is 3.55. The minimum Gasteiger partial charge on any atom is -0.444 e. The monoisotopic (exact) mass is 242 g/mol. The summed E-state index contributed by atoms with van der Waals surface area (Å²) < 4.78 is 5.39. The molecule has 0 aliphatic carbocycles. The number of nitrogens with two attached hydrogens (primary N) is 1. The zero-order valence-corrected chi connectivity index (χ0v) is 10.7. The minimum absolute atomic E-state index is 0.0707. The van der Waals surface area contributed by atoms with E-state index in [4.69, 9.17) is 10.5 Å². The largest absolute Gasteiger partial charge is 0.444 e. The van der Waals surface area contributed by atoms with Crippen molar-refractivity contribution in [1.29, 1.82) is 0 Å². The van der Waals surface area contributed by atoms with Gasteiger partial charge in [-0.3, -0.25) is 0 Å². The number of nitrogens with zero attached hydrogens (tertiary/aromatic N) is 1. The fourth-order valence-electron chi connectivity index (χ4n) is 2.81. The van der Waals surface area contributed by atoms with E-state index in [1.807, 2.05) is 20.8 Å². The third-order valence-electron chi connectivity index (χ3n) is 3.55. The normalized spacial score (nSPS) is 37.1. The molecule has 0 aromatic heterocycles. The second-order valence-electron chi connectivity index (χ2n) is 6.07. The minimum atomic E-state index is -0.494. The molecular formula is C12H22N2O3. The number of fused-ring (bicyclic) bond motifs is 2. The van der Waals surface area contributed by atoms with Crippen LogP contribution in [-0.4, -0.2) is 45.9 Å². The second kappa shape index (κ2) is 4.14. The van der Waals surface area contributed by atoms with Crippen LogP contribution < -0.4 is 5.73 Å². The Morgan fingerprint density at radius 2 is 2.06 bits per heavy atom. The number of ether oxygens (including phenoxy) is 1. The van der Waals surface area contributed by atoms with Crippen LogP contribution >= 0.6 is 0 Å². The van der Waals surface area contributed by atoms with Gasteiger partial charge in [0.25, 0.3) is 0 Å². The van der Waals surface area contributed by atoms with E-state index >= 15 is 0 Å². The summed E-state index contributed by atoms with van der Waals surface area (Å²) >= 11 is 0. The highest BCUT2D eigenvalue weighted by molar-refractivity contribution is 5.70. The van der Waals surface area contributed by atoms with Crippen LogP contribution in [0.4, 0.5) is 4.79 Å². The number of amides is 1. The van der Waals surface area contributed by atoms with Crippen molar-refractivity contribution >= 4 is 6.09 Å². The summed E-state index contributed by atoms with van der Waals surface area (Å²) in [7, 11) is 0. The Morgan fingerprint density at radius 1 is 1.41 bits per heavy atom. The molecule has 2 aliphatic heterocycles. The molecule has 2 aliphatic rings. The van der Waals surface area contributed by atoms with Gasteiger partial charge in [-0.1, -0.05) is 0 Å². The van der Waals surface area contributed by atoms with Gasteiger partial charge in [0.05, 0.1) is 18.2 Å². The topological polar surface area (TPSA) is 75.8 Å².